The summed E-state index contributed by atoms with van der Waals surface area (Å²) in [4.78, 5) is 13.5. The van der Waals surface area contributed by atoms with Gasteiger partial charge in [-0.3, -0.25) is 4.79 Å². The molecular formula is C15H30N2O2. The number of carbonyl (C=O) groups is 1. The molecule has 112 valence electrons. The average molecular weight is 270 g/mol. The molecule has 1 rings (SSSR count). The predicted octanol–water partition coefficient (Wildman–Crippen LogP) is 2.34. The Labute approximate surface area is 117 Å². The van der Waals surface area contributed by atoms with Crippen LogP contribution in [0.4, 0.5) is 0 Å². The third-order valence-corrected chi connectivity index (χ3v) is 4.32. The van der Waals surface area contributed by atoms with Crippen molar-refractivity contribution >= 4 is 5.97 Å². The van der Waals surface area contributed by atoms with E-state index in [9.17, 15) is 9.90 Å². The van der Waals surface area contributed by atoms with Gasteiger partial charge in [-0.1, -0.05) is 27.2 Å². The molecule has 0 heterocycles. The van der Waals surface area contributed by atoms with Crippen molar-refractivity contribution in [1.29, 1.82) is 0 Å². The van der Waals surface area contributed by atoms with E-state index in [2.05, 4.69) is 24.2 Å². The maximum Gasteiger partial charge on any atom is 0.322 e. The van der Waals surface area contributed by atoms with Gasteiger partial charge in [0, 0.05) is 18.6 Å². The fourth-order valence-electron chi connectivity index (χ4n) is 3.04. The number of nitrogens with one attached hydrogen (secondary N) is 1. The molecule has 1 aliphatic rings. The van der Waals surface area contributed by atoms with Crippen LogP contribution in [0, 0.1) is 5.92 Å². The van der Waals surface area contributed by atoms with Gasteiger partial charge in [-0.2, -0.15) is 0 Å². The molecule has 0 radical (unpaired) electrons. The summed E-state index contributed by atoms with van der Waals surface area (Å²) in [5.41, 5.74) is 0. The summed E-state index contributed by atoms with van der Waals surface area (Å²) < 4.78 is 0. The highest BCUT2D eigenvalue weighted by atomic mass is 16.4. The van der Waals surface area contributed by atoms with Crippen molar-refractivity contribution in [2.45, 2.75) is 71.0 Å². The van der Waals surface area contributed by atoms with Crippen LogP contribution in [-0.4, -0.2) is 47.7 Å². The van der Waals surface area contributed by atoms with Crippen LogP contribution in [0.5, 0.6) is 0 Å². The van der Waals surface area contributed by atoms with E-state index in [1.165, 1.54) is 32.1 Å². The summed E-state index contributed by atoms with van der Waals surface area (Å²) >= 11 is 0. The lowest BCUT2D eigenvalue weighted by Crippen LogP contribution is -2.50. The third-order valence-electron chi connectivity index (χ3n) is 4.32. The topological polar surface area (TPSA) is 52.6 Å². The van der Waals surface area contributed by atoms with Crippen LogP contribution >= 0.6 is 0 Å². The smallest absolute Gasteiger partial charge is 0.322 e. The number of rotatable bonds is 7. The van der Waals surface area contributed by atoms with Gasteiger partial charge in [0.05, 0.1) is 0 Å². The van der Waals surface area contributed by atoms with Crippen LogP contribution in [0.1, 0.15) is 52.9 Å². The molecule has 0 amide bonds. The van der Waals surface area contributed by atoms with E-state index in [0.29, 0.717) is 12.6 Å². The Morgan fingerprint density at radius 2 is 1.89 bits per heavy atom. The highest BCUT2D eigenvalue weighted by molar-refractivity contribution is 5.73. The van der Waals surface area contributed by atoms with Crippen molar-refractivity contribution in [1.82, 2.24) is 10.2 Å². The largest absolute Gasteiger partial charge is 0.480 e. The minimum Gasteiger partial charge on any atom is -0.480 e. The standard InChI is InChI=1S/C15H30N2O2/c1-5-12-6-8-13(9-7-12)17(4)10-14(15(18)19)16-11(2)3/h11-14,16H,5-10H2,1-4H3,(H,18,19). The van der Waals surface area contributed by atoms with Crippen molar-refractivity contribution in [2.75, 3.05) is 13.6 Å². The second-order valence-electron chi connectivity index (χ2n) is 6.23. The zero-order valence-corrected chi connectivity index (χ0v) is 12.9. The van der Waals surface area contributed by atoms with Crippen molar-refractivity contribution < 1.29 is 9.90 Å². The molecule has 0 spiro atoms. The van der Waals surface area contributed by atoms with Gasteiger partial charge in [0.15, 0.2) is 0 Å². The molecule has 0 bridgehead atoms. The molecule has 1 aliphatic carbocycles. The molecule has 0 saturated heterocycles. The Morgan fingerprint density at radius 1 is 1.32 bits per heavy atom. The molecule has 19 heavy (non-hydrogen) atoms. The fourth-order valence-corrected chi connectivity index (χ4v) is 3.04. The molecule has 0 aromatic carbocycles. The van der Waals surface area contributed by atoms with Gasteiger partial charge in [0.25, 0.3) is 0 Å². The van der Waals surface area contributed by atoms with E-state index in [-0.39, 0.29) is 6.04 Å². The van der Waals surface area contributed by atoms with E-state index in [4.69, 9.17) is 0 Å². The molecule has 1 fully saturated rings. The number of hydrogen-bond acceptors (Lipinski definition) is 3. The molecule has 4 heteroatoms. The normalized spacial score (nSPS) is 25.8. The molecule has 0 aliphatic heterocycles. The lowest BCUT2D eigenvalue weighted by Gasteiger charge is -2.36. The van der Waals surface area contributed by atoms with Gasteiger partial charge in [-0.25, -0.2) is 0 Å². The quantitative estimate of drug-likeness (QED) is 0.745. The first-order valence-corrected chi connectivity index (χ1v) is 7.63. The van der Waals surface area contributed by atoms with Crippen molar-refractivity contribution in [3.05, 3.63) is 0 Å². The first kappa shape index (κ1) is 16.4. The van der Waals surface area contributed by atoms with Gasteiger partial charge < -0.3 is 15.3 Å². The molecular weight excluding hydrogens is 240 g/mol. The van der Waals surface area contributed by atoms with Gasteiger partial charge in [0.2, 0.25) is 0 Å². The fraction of sp³-hybridized carbons (Fsp3) is 0.933. The van der Waals surface area contributed by atoms with Gasteiger partial charge >= 0.3 is 5.97 Å². The number of likely N-dealkylation sites (N-methyl/N-ethyl adjacent to an activating group) is 1. The predicted molar refractivity (Wildman–Crippen MR) is 78.4 cm³/mol. The van der Waals surface area contributed by atoms with Gasteiger partial charge in [0.1, 0.15) is 6.04 Å². The van der Waals surface area contributed by atoms with Gasteiger partial charge in [-0.05, 0) is 38.6 Å². The molecule has 2 N–H and O–H groups in total. The summed E-state index contributed by atoms with van der Waals surface area (Å²) in [5.74, 6) is 0.136. The monoisotopic (exact) mass is 270 g/mol. The van der Waals surface area contributed by atoms with Crippen LogP contribution in [0.25, 0.3) is 0 Å². The lowest BCUT2D eigenvalue weighted by atomic mass is 9.84. The van der Waals surface area contributed by atoms with Crippen LogP contribution in [0.3, 0.4) is 0 Å². The minimum atomic E-state index is -0.747. The summed E-state index contributed by atoms with van der Waals surface area (Å²) in [5, 5.41) is 12.4. The molecule has 0 aromatic rings. The van der Waals surface area contributed by atoms with E-state index < -0.39 is 12.0 Å². The number of carboxylic acid groups (broad SMARTS) is 1. The molecule has 1 atom stereocenters. The summed E-state index contributed by atoms with van der Waals surface area (Å²) in [7, 11) is 2.06. The van der Waals surface area contributed by atoms with E-state index in [1.54, 1.807) is 0 Å². The number of hydrogen-bond donors (Lipinski definition) is 2. The van der Waals surface area contributed by atoms with E-state index in [0.717, 1.165) is 5.92 Å². The zero-order valence-electron chi connectivity index (χ0n) is 12.9. The summed E-state index contributed by atoms with van der Waals surface area (Å²) in [6.45, 7) is 6.83. The molecule has 0 aromatic heterocycles. The SMILES string of the molecule is CCC1CCC(N(C)CC(NC(C)C)C(=O)O)CC1. The third kappa shape index (κ3) is 5.49. The minimum absolute atomic E-state index is 0.199. The highest BCUT2D eigenvalue weighted by Crippen LogP contribution is 2.28. The van der Waals surface area contributed by atoms with Crippen molar-refractivity contribution in [3.8, 4) is 0 Å². The maximum atomic E-state index is 11.3. The Kier molecular flexibility index (Phi) is 6.80. The second kappa shape index (κ2) is 7.85. The Bertz CT molecular complexity index is 273. The number of carboxylic acids is 1. The molecule has 4 nitrogen and oxygen atoms in total. The Morgan fingerprint density at radius 3 is 2.32 bits per heavy atom. The maximum absolute atomic E-state index is 11.3. The zero-order chi connectivity index (χ0) is 14.4. The van der Waals surface area contributed by atoms with Gasteiger partial charge in [-0.15, -0.1) is 0 Å². The first-order valence-electron chi connectivity index (χ1n) is 7.63. The molecule has 1 saturated carbocycles. The summed E-state index contributed by atoms with van der Waals surface area (Å²) in [6.07, 6.45) is 6.29. The number of nitrogens with zero attached hydrogens (tertiary/aromatic N) is 1. The Hall–Kier alpha value is -0.610. The van der Waals surface area contributed by atoms with Crippen LogP contribution in [-0.2, 0) is 4.79 Å². The summed E-state index contributed by atoms with van der Waals surface area (Å²) in [6, 6.07) is 0.290. The Balaban J connectivity index is 2.44. The van der Waals surface area contributed by atoms with Crippen LogP contribution in [0.15, 0.2) is 0 Å². The van der Waals surface area contributed by atoms with Crippen LogP contribution in [0.2, 0.25) is 0 Å². The van der Waals surface area contributed by atoms with Crippen molar-refractivity contribution in [3.63, 3.8) is 0 Å². The van der Waals surface area contributed by atoms with Crippen LogP contribution < -0.4 is 5.32 Å². The average Bonchev–Trinajstić information content (AvgIpc) is 2.37. The van der Waals surface area contributed by atoms with E-state index in [1.807, 2.05) is 13.8 Å². The lowest BCUT2D eigenvalue weighted by molar-refractivity contribution is -0.140. The second-order valence-corrected chi connectivity index (χ2v) is 6.23. The van der Waals surface area contributed by atoms with Crippen molar-refractivity contribution in [2.24, 2.45) is 5.92 Å². The number of aliphatic carboxylic acids is 1. The molecule has 1 unspecified atom stereocenters. The highest BCUT2D eigenvalue weighted by Gasteiger charge is 2.27. The first-order chi connectivity index (χ1) is 8.93. The van der Waals surface area contributed by atoms with E-state index >= 15 is 0 Å².